The molecule has 8 heteroatoms. The molecule has 0 unspecified atom stereocenters. The first-order valence-corrected chi connectivity index (χ1v) is 15.9. The number of ketones is 1. The molecule has 0 atom stereocenters. The first-order valence-electron chi connectivity index (χ1n) is 14.2. The second-order valence-electron chi connectivity index (χ2n) is 12.8. The summed E-state index contributed by atoms with van der Waals surface area (Å²) in [5.41, 5.74) is 8.47. The van der Waals surface area contributed by atoms with Gasteiger partial charge in [0.25, 0.3) is 0 Å². The minimum absolute atomic E-state index is 0. The number of carbonyl (C=O) groups is 1. The summed E-state index contributed by atoms with van der Waals surface area (Å²) in [4.78, 5) is 25.2. The molecule has 0 saturated carbocycles. The van der Waals surface area contributed by atoms with Crippen LogP contribution in [0.1, 0.15) is 52.7 Å². The Bertz CT molecular complexity index is 2000. The molecule has 0 aliphatic heterocycles. The number of hydrogen-bond donors (Lipinski definition) is 1. The summed E-state index contributed by atoms with van der Waals surface area (Å²) < 4.78 is 2.53. The van der Waals surface area contributed by atoms with Crippen LogP contribution in [0.15, 0.2) is 71.5 Å². The predicted octanol–water partition coefficient (Wildman–Crippen LogP) is 10.3. The van der Waals surface area contributed by atoms with Gasteiger partial charge in [-0.25, -0.2) is 9.97 Å². The number of benzene rings is 3. The topological polar surface area (TPSA) is 76.0 Å². The molecule has 1 radical (unpaired) electrons. The third kappa shape index (κ3) is 6.99. The van der Waals surface area contributed by atoms with Gasteiger partial charge in [-0.1, -0.05) is 78.1 Å². The van der Waals surface area contributed by atoms with Gasteiger partial charge in [0.05, 0.1) is 16.7 Å². The van der Waals surface area contributed by atoms with Crippen LogP contribution in [-0.4, -0.2) is 25.8 Å². The molecule has 44 heavy (non-hydrogen) atoms. The summed E-state index contributed by atoms with van der Waals surface area (Å²) >= 11 is 3.41. The van der Waals surface area contributed by atoms with Crippen molar-refractivity contribution >= 4 is 59.5 Å². The summed E-state index contributed by atoms with van der Waals surface area (Å²) in [6.45, 7) is 15.4. The number of carbonyl (C=O) groups excluding carboxylic acids is 1. The van der Waals surface area contributed by atoms with Gasteiger partial charge in [0, 0.05) is 58.3 Å². The third-order valence-corrected chi connectivity index (χ3v) is 9.02. The molecule has 229 valence electrons. The standard InChI is InChI=1S/C25H16N3S2.C11H20O2.Ir/c1-14-8-18-23-15(2)4-3-5-22(23)30-25(18)19(9-14)24-17-7-6-16(21-11-29-13-28-21)10-20(17)26-12-27-24;1-10(2,3)8(12)7-9(13)11(4,5)6;/h3-8,10-13H,1-2H3;7,12H,1-6H3;/q-1;;. The number of aliphatic hydroxyl groups is 1. The monoisotopic (exact) mass is 799 g/mol. The molecule has 0 saturated heterocycles. The van der Waals surface area contributed by atoms with Gasteiger partial charge in [-0.05, 0) is 40.1 Å². The van der Waals surface area contributed by atoms with Crippen LogP contribution in [-0.2, 0) is 24.9 Å². The average molecular weight is 799 g/mol. The summed E-state index contributed by atoms with van der Waals surface area (Å²) in [5, 5.41) is 15.3. The average Bonchev–Trinajstić information content (AvgIpc) is 3.60. The van der Waals surface area contributed by atoms with E-state index in [2.05, 4.69) is 77.7 Å². The van der Waals surface area contributed by atoms with Crippen molar-refractivity contribution in [1.82, 2.24) is 15.0 Å². The molecule has 3 aromatic carbocycles. The first kappa shape index (κ1) is 33.6. The Labute approximate surface area is 280 Å². The molecule has 1 N–H and O–H groups in total. The van der Waals surface area contributed by atoms with Crippen molar-refractivity contribution in [2.75, 3.05) is 0 Å². The number of hydrogen-bond acceptors (Lipinski definition) is 7. The minimum atomic E-state index is -0.417. The maximum absolute atomic E-state index is 11.5. The number of fused-ring (bicyclic) bond motifs is 4. The Morgan fingerprint density at radius 2 is 1.68 bits per heavy atom. The maximum atomic E-state index is 11.5. The van der Waals surface area contributed by atoms with E-state index in [4.69, 9.17) is 4.98 Å². The number of aliphatic hydroxyl groups excluding tert-OH is 1. The third-order valence-electron chi connectivity index (χ3n) is 7.25. The van der Waals surface area contributed by atoms with Crippen LogP contribution in [0.25, 0.3) is 53.6 Å². The van der Waals surface area contributed by atoms with E-state index in [1.807, 2.05) is 58.4 Å². The second kappa shape index (κ2) is 13.0. The fraction of sp³-hybridized carbons (Fsp3) is 0.278. The molecule has 6 aromatic rings. The van der Waals surface area contributed by atoms with Gasteiger partial charge < -0.3 is 5.11 Å². The van der Waals surface area contributed by atoms with Gasteiger partial charge in [0.1, 0.15) is 12.1 Å². The van der Waals surface area contributed by atoms with Crippen molar-refractivity contribution in [3.05, 3.63) is 88.7 Å². The largest absolute Gasteiger partial charge is 0.512 e. The normalized spacial score (nSPS) is 12.2. The van der Waals surface area contributed by atoms with E-state index in [0.717, 1.165) is 39.0 Å². The summed E-state index contributed by atoms with van der Waals surface area (Å²) in [7, 11) is 0. The summed E-state index contributed by atoms with van der Waals surface area (Å²) in [5.74, 6) is 0.104. The minimum Gasteiger partial charge on any atom is -0.512 e. The number of thiophene rings is 1. The molecular weight excluding hydrogens is 763 g/mol. The van der Waals surface area contributed by atoms with Crippen molar-refractivity contribution in [3.63, 3.8) is 0 Å². The molecule has 6 rings (SSSR count). The van der Waals surface area contributed by atoms with Crippen LogP contribution in [0, 0.1) is 30.7 Å². The number of allylic oxidation sites excluding steroid dienone is 2. The van der Waals surface area contributed by atoms with E-state index in [0.29, 0.717) is 0 Å². The van der Waals surface area contributed by atoms with E-state index in [-0.39, 0.29) is 37.1 Å². The smallest absolute Gasteiger partial charge is 0.164 e. The van der Waals surface area contributed by atoms with E-state index >= 15 is 0 Å². The van der Waals surface area contributed by atoms with Crippen LogP contribution in [0.2, 0.25) is 0 Å². The summed E-state index contributed by atoms with van der Waals surface area (Å²) in [6, 6.07) is 18.7. The molecule has 0 fully saturated rings. The Kier molecular flexibility index (Phi) is 9.91. The maximum Gasteiger partial charge on any atom is 0.164 e. The fourth-order valence-corrected chi connectivity index (χ4v) is 6.50. The van der Waals surface area contributed by atoms with Crippen molar-refractivity contribution in [2.45, 2.75) is 55.4 Å². The summed E-state index contributed by atoms with van der Waals surface area (Å²) in [6.07, 6.45) is 2.99. The Balaban J connectivity index is 0.000000271. The Morgan fingerprint density at radius 3 is 2.34 bits per heavy atom. The van der Waals surface area contributed by atoms with Crippen LogP contribution in [0.3, 0.4) is 0 Å². The molecule has 0 bridgehead atoms. The number of aromatic nitrogens is 3. The molecule has 0 amide bonds. The van der Waals surface area contributed by atoms with Gasteiger partial charge in [-0.15, -0.1) is 34.6 Å². The number of rotatable bonds is 3. The van der Waals surface area contributed by atoms with Crippen molar-refractivity contribution in [2.24, 2.45) is 10.8 Å². The van der Waals surface area contributed by atoms with Crippen molar-refractivity contribution in [3.8, 4) is 22.5 Å². The van der Waals surface area contributed by atoms with E-state index < -0.39 is 5.41 Å². The number of nitrogens with zero attached hydrogens (tertiary/aromatic N) is 3. The van der Waals surface area contributed by atoms with Crippen LogP contribution < -0.4 is 0 Å². The van der Waals surface area contributed by atoms with Gasteiger partial charge in [0.15, 0.2) is 5.78 Å². The van der Waals surface area contributed by atoms with E-state index in [9.17, 15) is 9.90 Å². The molecule has 0 spiro atoms. The second-order valence-corrected chi connectivity index (χ2v) is 14.6. The zero-order chi connectivity index (χ0) is 31.1. The van der Waals surface area contributed by atoms with E-state index in [1.54, 1.807) is 17.7 Å². The number of aryl methyl sites for hydroxylation is 2. The zero-order valence-corrected chi connectivity index (χ0v) is 30.2. The Morgan fingerprint density at radius 1 is 0.932 bits per heavy atom. The van der Waals surface area contributed by atoms with E-state index in [1.165, 1.54) is 31.8 Å². The van der Waals surface area contributed by atoms with Gasteiger partial charge >= 0.3 is 0 Å². The van der Waals surface area contributed by atoms with Crippen LogP contribution in [0.4, 0.5) is 0 Å². The van der Waals surface area contributed by atoms with Crippen LogP contribution >= 0.6 is 22.7 Å². The predicted molar refractivity (Wildman–Crippen MR) is 182 cm³/mol. The molecule has 5 nitrogen and oxygen atoms in total. The molecule has 3 aromatic heterocycles. The molecule has 3 heterocycles. The first-order chi connectivity index (χ1) is 20.2. The Hall–Kier alpha value is -3.29. The van der Waals surface area contributed by atoms with Gasteiger partial charge in [0.2, 0.25) is 0 Å². The fourth-order valence-electron chi connectivity index (χ4n) is 4.67. The van der Waals surface area contributed by atoms with Crippen molar-refractivity contribution < 1.29 is 30.0 Å². The number of thiazole rings is 1. The zero-order valence-electron chi connectivity index (χ0n) is 26.2. The van der Waals surface area contributed by atoms with Gasteiger partial charge in [-0.3, -0.25) is 9.78 Å². The SMILES string of the molecule is CC(C)(C)C(=O)C=C(O)C(C)(C)C.Cc1[c-]c(-c2ncnc3cc(-c4cscn4)ccc23)c2sc3cccc(C)c3c2c1.[Ir]. The molecule has 0 aliphatic rings. The van der Waals surface area contributed by atoms with Crippen molar-refractivity contribution in [1.29, 1.82) is 0 Å². The van der Waals surface area contributed by atoms with Crippen LogP contribution in [0.5, 0.6) is 0 Å². The van der Waals surface area contributed by atoms with Gasteiger partial charge in [-0.2, -0.15) is 11.3 Å². The molecule has 0 aliphatic carbocycles. The quantitative estimate of drug-likeness (QED) is 0.110. The molecular formula is C36H36IrN3O2S2-.